The lowest BCUT2D eigenvalue weighted by Crippen LogP contribution is -2.46. The molecule has 0 bridgehead atoms. The second kappa shape index (κ2) is 5.93. The number of thiocarbonyl (C=S) groups is 1. The molecule has 0 amide bonds. The summed E-state index contributed by atoms with van der Waals surface area (Å²) in [6.45, 7) is 0.380. The number of ether oxygens (including phenoxy) is 1. The Morgan fingerprint density at radius 1 is 1.23 bits per heavy atom. The molecule has 1 atom stereocenters. The SMILES string of the molecule is COC1(c2ccccc2Cl)NCC(=S)Nc2ccc(F)cc21. The topological polar surface area (TPSA) is 33.3 Å². The van der Waals surface area contributed by atoms with Gasteiger partial charge in [-0.25, -0.2) is 4.39 Å². The van der Waals surface area contributed by atoms with Gasteiger partial charge in [0.25, 0.3) is 0 Å². The van der Waals surface area contributed by atoms with E-state index >= 15 is 0 Å². The first-order valence-corrected chi connectivity index (χ1v) is 7.50. The third-order valence-electron chi connectivity index (χ3n) is 3.69. The Morgan fingerprint density at radius 3 is 2.73 bits per heavy atom. The number of rotatable bonds is 2. The van der Waals surface area contributed by atoms with Gasteiger partial charge in [-0.2, -0.15) is 0 Å². The van der Waals surface area contributed by atoms with Crippen molar-refractivity contribution in [2.24, 2.45) is 0 Å². The van der Waals surface area contributed by atoms with Crippen LogP contribution in [0.25, 0.3) is 0 Å². The Labute approximate surface area is 138 Å². The first kappa shape index (κ1) is 15.4. The summed E-state index contributed by atoms with van der Waals surface area (Å²) >= 11 is 11.6. The van der Waals surface area contributed by atoms with Crippen molar-refractivity contribution < 1.29 is 9.13 Å². The van der Waals surface area contributed by atoms with Crippen LogP contribution in [0.2, 0.25) is 5.02 Å². The summed E-state index contributed by atoms with van der Waals surface area (Å²) in [6, 6.07) is 11.8. The zero-order chi connectivity index (χ0) is 15.7. The number of benzene rings is 2. The van der Waals surface area contributed by atoms with Crippen molar-refractivity contribution in [3.63, 3.8) is 0 Å². The Hall–Kier alpha value is -1.53. The highest BCUT2D eigenvalue weighted by atomic mass is 35.5. The molecule has 114 valence electrons. The molecule has 1 heterocycles. The zero-order valence-electron chi connectivity index (χ0n) is 11.8. The van der Waals surface area contributed by atoms with E-state index in [0.717, 1.165) is 0 Å². The van der Waals surface area contributed by atoms with Gasteiger partial charge in [0.2, 0.25) is 0 Å². The maximum absolute atomic E-state index is 13.8. The first-order chi connectivity index (χ1) is 10.6. The van der Waals surface area contributed by atoms with Gasteiger partial charge in [-0.1, -0.05) is 42.0 Å². The van der Waals surface area contributed by atoms with Crippen LogP contribution in [0.3, 0.4) is 0 Å². The molecule has 0 aromatic heterocycles. The highest BCUT2D eigenvalue weighted by Crippen LogP contribution is 2.40. The molecule has 1 aliphatic heterocycles. The summed E-state index contributed by atoms with van der Waals surface area (Å²) in [5.74, 6) is -0.358. The van der Waals surface area contributed by atoms with Gasteiger partial charge in [-0.05, 0) is 24.3 Å². The van der Waals surface area contributed by atoms with Crippen LogP contribution in [-0.2, 0) is 10.5 Å². The number of halogens is 2. The molecule has 3 rings (SSSR count). The first-order valence-electron chi connectivity index (χ1n) is 6.72. The molecule has 2 aromatic carbocycles. The molecule has 0 aliphatic carbocycles. The summed E-state index contributed by atoms with van der Waals surface area (Å²) in [5, 5.41) is 6.89. The normalized spacial score (nSPS) is 21.0. The molecular formula is C16H14ClFN2OS. The minimum absolute atomic E-state index is 0.358. The monoisotopic (exact) mass is 336 g/mol. The fourth-order valence-electron chi connectivity index (χ4n) is 2.69. The van der Waals surface area contributed by atoms with Crippen molar-refractivity contribution >= 4 is 34.5 Å². The molecule has 1 unspecified atom stereocenters. The minimum atomic E-state index is -1.08. The third-order valence-corrected chi connectivity index (χ3v) is 4.27. The molecule has 0 fully saturated rings. The quantitative estimate of drug-likeness (QED) is 0.820. The smallest absolute Gasteiger partial charge is 0.175 e. The van der Waals surface area contributed by atoms with Crippen molar-refractivity contribution in [2.45, 2.75) is 5.72 Å². The number of hydrogen-bond donors (Lipinski definition) is 2. The Kier molecular flexibility index (Phi) is 4.14. The van der Waals surface area contributed by atoms with Crippen LogP contribution in [-0.4, -0.2) is 18.6 Å². The highest BCUT2D eigenvalue weighted by molar-refractivity contribution is 7.80. The van der Waals surface area contributed by atoms with Crippen molar-refractivity contribution in [1.29, 1.82) is 0 Å². The molecule has 0 saturated carbocycles. The maximum Gasteiger partial charge on any atom is 0.175 e. The number of anilines is 1. The Bertz CT molecular complexity index is 740. The van der Waals surface area contributed by atoms with Gasteiger partial charge in [-0.15, -0.1) is 0 Å². The summed E-state index contributed by atoms with van der Waals surface area (Å²) < 4.78 is 19.6. The highest BCUT2D eigenvalue weighted by Gasteiger charge is 2.40. The molecule has 2 aromatic rings. The van der Waals surface area contributed by atoms with E-state index in [1.54, 1.807) is 19.2 Å². The average Bonchev–Trinajstić information content (AvgIpc) is 2.65. The van der Waals surface area contributed by atoms with Crippen LogP contribution in [0.15, 0.2) is 42.5 Å². The summed E-state index contributed by atoms with van der Waals surface area (Å²) in [4.78, 5) is 0.596. The number of nitrogens with one attached hydrogen (secondary N) is 2. The van der Waals surface area contributed by atoms with E-state index in [-0.39, 0.29) is 5.82 Å². The summed E-state index contributed by atoms with van der Waals surface area (Å²) in [7, 11) is 1.55. The molecule has 0 saturated heterocycles. The standard InChI is InChI=1S/C16H14ClFN2OS/c1-21-16(11-4-2-3-5-13(11)17)12-8-10(18)6-7-14(12)20-15(22)9-19-16/h2-8,19H,9H2,1H3,(H,20,22). The Balaban J connectivity index is 2.29. The van der Waals surface area contributed by atoms with Gasteiger partial charge in [0.15, 0.2) is 5.72 Å². The van der Waals surface area contributed by atoms with Crippen LogP contribution in [0.5, 0.6) is 0 Å². The molecule has 22 heavy (non-hydrogen) atoms. The maximum atomic E-state index is 13.8. The average molecular weight is 337 g/mol. The third kappa shape index (κ3) is 2.50. The molecular weight excluding hydrogens is 323 g/mol. The van der Waals surface area contributed by atoms with Crippen molar-refractivity contribution in [1.82, 2.24) is 5.32 Å². The van der Waals surface area contributed by atoms with Gasteiger partial charge in [-0.3, -0.25) is 5.32 Å². The van der Waals surface area contributed by atoms with Crippen LogP contribution < -0.4 is 10.6 Å². The lowest BCUT2D eigenvalue weighted by atomic mass is 9.92. The molecule has 1 aliphatic rings. The largest absolute Gasteiger partial charge is 0.355 e. The second-order valence-corrected chi connectivity index (χ2v) is 5.86. The van der Waals surface area contributed by atoms with Crippen molar-refractivity contribution in [3.05, 3.63) is 64.4 Å². The fourth-order valence-corrected chi connectivity index (χ4v) is 3.14. The predicted octanol–water partition coefficient (Wildman–Crippen LogP) is 3.67. The van der Waals surface area contributed by atoms with E-state index in [9.17, 15) is 4.39 Å². The van der Waals surface area contributed by atoms with Crippen molar-refractivity contribution in [2.75, 3.05) is 19.0 Å². The van der Waals surface area contributed by atoms with Gasteiger partial charge in [0, 0.05) is 35.5 Å². The molecule has 3 nitrogen and oxygen atoms in total. The lowest BCUT2D eigenvalue weighted by molar-refractivity contribution is -0.00339. The van der Waals surface area contributed by atoms with Gasteiger partial charge < -0.3 is 10.1 Å². The van der Waals surface area contributed by atoms with Crippen LogP contribution in [0, 0.1) is 5.82 Å². The molecule has 2 N–H and O–H groups in total. The second-order valence-electron chi connectivity index (χ2n) is 4.96. The predicted molar refractivity (Wildman–Crippen MR) is 89.9 cm³/mol. The van der Waals surface area contributed by atoms with Crippen molar-refractivity contribution in [3.8, 4) is 0 Å². The molecule has 0 radical (unpaired) electrons. The van der Waals surface area contributed by atoms with E-state index in [4.69, 9.17) is 28.6 Å². The van der Waals surface area contributed by atoms with E-state index in [1.807, 2.05) is 18.2 Å². The summed E-state index contributed by atoms with van der Waals surface area (Å²) in [6.07, 6.45) is 0. The fraction of sp³-hybridized carbons (Fsp3) is 0.188. The van der Waals surface area contributed by atoms with E-state index < -0.39 is 5.72 Å². The van der Waals surface area contributed by atoms with Crippen LogP contribution in [0.1, 0.15) is 11.1 Å². The van der Waals surface area contributed by atoms with E-state index in [0.29, 0.717) is 33.4 Å². The Morgan fingerprint density at radius 2 is 2.00 bits per heavy atom. The van der Waals surface area contributed by atoms with Crippen LogP contribution >= 0.6 is 23.8 Å². The van der Waals surface area contributed by atoms with Gasteiger partial charge in [0.05, 0.1) is 4.99 Å². The summed E-state index contributed by atoms with van der Waals surface area (Å²) in [5.41, 5.74) is 0.919. The molecule has 0 spiro atoms. The number of fused-ring (bicyclic) bond motifs is 1. The van der Waals surface area contributed by atoms with Gasteiger partial charge in [0.1, 0.15) is 5.82 Å². The lowest BCUT2D eigenvalue weighted by Gasteiger charge is -2.34. The van der Waals surface area contributed by atoms with E-state index in [2.05, 4.69) is 10.6 Å². The van der Waals surface area contributed by atoms with Crippen LogP contribution in [0.4, 0.5) is 10.1 Å². The molecule has 6 heteroatoms. The number of hydrogen-bond acceptors (Lipinski definition) is 3. The minimum Gasteiger partial charge on any atom is -0.355 e. The zero-order valence-corrected chi connectivity index (χ0v) is 13.4. The van der Waals surface area contributed by atoms with Gasteiger partial charge >= 0.3 is 0 Å². The number of methoxy groups -OCH3 is 1. The van der Waals surface area contributed by atoms with E-state index in [1.165, 1.54) is 12.1 Å².